The highest BCUT2D eigenvalue weighted by molar-refractivity contribution is 4.85. The monoisotopic (exact) mass is 257 g/mol. The molecule has 0 aromatic rings. The summed E-state index contributed by atoms with van der Waals surface area (Å²) in [6, 6.07) is 0.555. The van der Waals surface area contributed by atoms with Crippen LogP contribution in [0.5, 0.6) is 0 Å². The summed E-state index contributed by atoms with van der Waals surface area (Å²) in [6.45, 7) is 11.2. The number of aliphatic hydroxyl groups excluding tert-OH is 1. The molecule has 1 fully saturated rings. The first-order valence-electron chi connectivity index (χ1n) is 7.40. The maximum atomic E-state index is 10.0. The lowest BCUT2D eigenvalue weighted by atomic mass is 9.87. The van der Waals surface area contributed by atoms with Crippen molar-refractivity contribution < 1.29 is 5.11 Å². The van der Waals surface area contributed by atoms with Gasteiger partial charge in [-0.2, -0.15) is 0 Å². The Morgan fingerprint density at radius 2 is 2.11 bits per heavy atom. The molecule has 4 N–H and O–H groups in total. The van der Waals surface area contributed by atoms with Gasteiger partial charge in [0.25, 0.3) is 0 Å². The molecule has 3 atom stereocenters. The van der Waals surface area contributed by atoms with Gasteiger partial charge in [-0.1, -0.05) is 20.8 Å². The topological polar surface area (TPSA) is 61.5 Å². The Bertz CT molecular complexity index is 209. The second-order valence-corrected chi connectivity index (χ2v) is 5.95. The van der Waals surface area contributed by atoms with E-state index in [4.69, 9.17) is 5.73 Å². The van der Waals surface area contributed by atoms with E-state index in [9.17, 15) is 5.11 Å². The molecule has 0 aliphatic carbocycles. The van der Waals surface area contributed by atoms with Crippen molar-refractivity contribution in [3.63, 3.8) is 0 Å². The lowest BCUT2D eigenvalue weighted by Gasteiger charge is -2.39. The third kappa shape index (κ3) is 5.22. The molecule has 1 aliphatic heterocycles. The van der Waals surface area contributed by atoms with Crippen LogP contribution < -0.4 is 11.1 Å². The number of piperidine rings is 1. The summed E-state index contributed by atoms with van der Waals surface area (Å²) in [6.07, 6.45) is 1.93. The largest absolute Gasteiger partial charge is 0.393 e. The fraction of sp³-hybridized carbons (Fsp3) is 1.00. The highest BCUT2D eigenvalue weighted by Gasteiger charge is 2.28. The van der Waals surface area contributed by atoms with Gasteiger partial charge in [-0.05, 0) is 31.2 Å². The van der Waals surface area contributed by atoms with Crippen LogP contribution in [0.1, 0.15) is 33.6 Å². The zero-order valence-electron chi connectivity index (χ0n) is 12.2. The van der Waals surface area contributed by atoms with E-state index in [1.165, 1.54) is 6.42 Å². The van der Waals surface area contributed by atoms with Crippen molar-refractivity contribution in [2.45, 2.75) is 45.8 Å². The molecule has 0 spiro atoms. The highest BCUT2D eigenvalue weighted by Crippen LogP contribution is 2.23. The van der Waals surface area contributed by atoms with Gasteiger partial charge in [-0.25, -0.2) is 0 Å². The van der Waals surface area contributed by atoms with Crippen LogP contribution in [-0.2, 0) is 0 Å². The summed E-state index contributed by atoms with van der Waals surface area (Å²) in [5.74, 6) is 0.944. The minimum atomic E-state index is -0.171. The third-order valence-corrected chi connectivity index (χ3v) is 3.90. The number of rotatable bonds is 7. The number of nitrogens with one attached hydrogen (secondary N) is 1. The minimum Gasteiger partial charge on any atom is -0.393 e. The maximum Gasteiger partial charge on any atom is 0.0566 e. The Balaban J connectivity index is 2.49. The molecule has 1 aliphatic rings. The molecule has 4 heteroatoms. The van der Waals surface area contributed by atoms with Crippen LogP contribution in [0.4, 0.5) is 0 Å². The molecular formula is C14H31N3O. The van der Waals surface area contributed by atoms with Crippen molar-refractivity contribution in [1.29, 1.82) is 0 Å². The Labute approximate surface area is 112 Å². The van der Waals surface area contributed by atoms with E-state index in [2.05, 4.69) is 31.0 Å². The van der Waals surface area contributed by atoms with Gasteiger partial charge < -0.3 is 21.1 Å². The van der Waals surface area contributed by atoms with Crippen LogP contribution in [0.25, 0.3) is 0 Å². The molecule has 4 nitrogen and oxygen atoms in total. The SMILES string of the molecule is CCNC1CC(CC(O)C(C)C)CN(CCN)C1. The van der Waals surface area contributed by atoms with Crippen molar-refractivity contribution in [1.82, 2.24) is 10.2 Å². The van der Waals surface area contributed by atoms with E-state index in [0.29, 0.717) is 17.9 Å². The summed E-state index contributed by atoms with van der Waals surface area (Å²) >= 11 is 0. The van der Waals surface area contributed by atoms with E-state index in [1.807, 2.05) is 0 Å². The number of hydrogen-bond donors (Lipinski definition) is 3. The van der Waals surface area contributed by atoms with Crippen molar-refractivity contribution in [2.75, 3.05) is 32.7 Å². The van der Waals surface area contributed by atoms with Crippen molar-refractivity contribution in [3.05, 3.63) is 0 Å². The molecule has 18 heavy (non-hydrogen) atoms. The first-order chi connectivity index (χ1) is 8.56. The molecule has 0 amide bonds. The van der Waals surface area contributed by atoms with E-state index in [0.717, 1.165) is 39.1 Å². The molecule has 0 bridgehead atoms. The highest BCUT2D eigenvalue weighted by atomic mass is 16.3. The molecule has 0 radical (unpaired) electrons. The summed E-state index contributed by atoms with van der Waals surface area (Å²) in [5.41, 5.74) is 5.66. The zero-order chi connectivity index (χ0) is 13.5. The van der Waals surface area contributed by atoms with E-state index in [-0.39, 0.29) is 6.10 Å². The Hall–Kier alpha value is -0.160. The summed E-state index contributed by atoms with van der Waals surface area (Å²) in [4.78, 5) is 2.44. The van der Waals surface area contributed by atoms with Crippen LogP contribution >= 0.6 is 0 Å². The molecule has 0 aromatic heterocycles. The van der Waals surface area contributed by atoms with Gasteiger partial charge in [0, 0.05) is 32.2 Å². The summed E-state index contributed by atoms with van der Waals surface area (Å²) in [7, 11) is 0. The van der Waals surface area contributed by atoms with Gasteiger partial charge in [-0.3, -0.25) is 0 Å². The predicted molar refractivity (Wildman–Crippen MR) is 76.5 cm³/mol. The molecule has 1 heterocycles. The standard InChI is InChI=1S/C14H31N3O/c1-4-16-13-7-12(8-14(18)11(2)3)9-17(10-13)6-5-15/h11-14,16,18H,4-10,15H2,1-3H3. The van der Waals surface area contributed by atoms with Gasteiger partial charge in [-0.15, -0.1) is 0 Å². The second-order valence-electron chi connectivity index (χ2n) is 5.95. The first kappa shape index (κ1) is 15.9. The van der Waals surface area contributed by atoms with Gasteiger partial charge in [0.1, 0.15) is 0 Å². The molecule has 1 saturated heterocycles. The van der Waals surface area contributed by atoms with Gasteiger partial charge in [0.2, 0.25) is 0 Å². The normalized spacial score (nSPS) is 27.7. The fourth-order valence-electron chi connectivity index (χ4n) is 2.89. The smallest absolute Gasteiger partial charge is 0.0566 e. The summed E-state index contributed by atoms with van der Waals surface area (Å²) < 4.78 is 0. The first-order valence-corrected chi connectivity index (χ1v) is 7.40. The number of hydrogen-bond acceptors (Lipinski definition) is 4. The maximum absolute atomic E-state index is 10.0. The van der Waals surface area contributed by atoms with Crippen LogP contribution in [0.2, 0.25) is 0 Å². The number of nitrogens with zero attached hydrogens (tertiary/aromatic N) is 1. The number of likely N-dealkylation sites (N-methyl/N-ethyl adjacent to an activating group) is 1. The lowest BCUT2D eigenvalue weighted by molar-refractivity contribution is 0.0628. The van der Waals surface area contributed by atoms with Crippen molar-refractivity contribution in [2.24, 2.45) is 17.6 Å². The Kier molecular flexibility index (Phi) is 7.15. The van der Waals surface area contributed by atoms with Crippen LogP contribution in [0, 0.1) is 11.8 Å². The van der Waals surface area contributed by atoms with E-state index >= 15 is 0 Å². The number of nitrogens with two attached hydrogens (primary N) is 1. The molecule has 1 rings (SSSR count). The quantitative estimate of drug-likeness (QED) is 0.627. The third-order valence-electron chi connectivity index (χ3n) is 3.90. The average molecular weight is 257 g/mol. The fourth-order valence-corrected chi connectivity index (χ4v) is 2.89. The zero-order valence-corrected chi connectivity index (χ0v) is 12.2. The van der Waals surface area contributed by atoms with E-state index in [1.54, 1.807) is 0 Å². The predicted octanol–water partition coefficient (Wildman–Crippen LogP) is 0.652. The molecule has 0 aromatic carbocycles. The van der Waals surface area contributed by atoms with Crippen molar-refractivity contribution >= 4 is 0 Å². The van der Waals surface area contributed by atoms with Gasteiger partial charge >= 0.3 is 0 Å². The molecular weight excluding hydrogens is 226 g/mol. The van der Waals surface area contributed by atoms with Gasteiger partial charge in [0.15, 0.2) is 0 Å². The average Bonchev–Trinajstić information content (AvgIpc) is 2.29. The van der Waals surface area contributed by atoms with Crippen molar-refractivity contribution in [3.8, 4) is 0 Å². The Morgan fingerprint density at radius 3 is 2.67 bits per heavy atom. The Morgan fingerprint density at radius 1 is 1.39 bits per heavy atom. The van der Waals surface area contributed by atoms with Crippen LogP contribution in [0.3, 0.4) is 0 Å². The van der Waals surface area contributed by atoms with E-state index < -0.39 is 0 Å². The number of likely N-dealkylation sites (tertiary alicyclic amines) is 1. The van der Waals surface area contributed by atoms with Crippen LogP contribution in [-0.4, -0.2) is 54.9 Å². The van der Waals surface area contributed by atoms with Crippen LogP contribution in [0.15, 0.2) is 0 Å². The van der Waals surface area contributed by atoms with Gasteiger partial charge in [0.05, 0.1) is 6.10 Å². The molecule has 108 valence electrons. The molecule has 0 saturated carbocycles. The summed E-state index contributed by atoms with van der Waals surface area (Å²) in [5, 5.41) is 13.6. The lowest BCUT2D eigenvalue weighted by Crippen LogP contribution is -2.51. The minimum absolute atomic E-state index is 0.171. The molecule has 3 unspecified atom stereocenters. The second kappa shape index (κ2) is 8.10. The number of aliphatic hydroxyl groups is 1.